The first-order valence-electron chi connectivity index (χ1n) is 3.79. The van der Waals surface area contributed by atoms with E-state index in [2.05, 4.69) is 17.9 Å². The van der Waals surface area contributed by atoms with E-state index in [0.29, 0.717) is 15.6 Å². The Morgan fingerprint density at radius 3 is 2.93 bits per heavy atom. The van der Waals surface area contributed by atoms with Crippen LogP contribution in [-0.4, -0.2) is 5.91 Å². The van der Waals surface area contributed by atoms with Crippen LogP contribution in [0.5, 0.6) is 0 Å². The molecule has 1 aromatic rings. The number of rotatable bonds is 2. The number of benzene rings is 1. The lowest BCUT2D eigenvalue weighted by Crippen LogP contribution is -2.10. The van der Waals surface area contributed by atoms with Gasteiger partial charge in [-0.3, -0.25) is 4.79 Å². The number of nitrogens with one attached hydrogen (secondary N) is 1. The second-order valence-electron chi connectivity index (χ2n) is 2.52. The summed E-state index contributed by atoms with van der Waals surface area (Å²) < 4.78 is 0. The molecule has 3 nitrogen and oxygen atoms in total. The first-order chi connectivity index (χ1) is 6.65. The highest BCUT2D eigenvalue weighted by atomic mass is 35.5. The summed E-state index contributed by atoms with van der Waals surface area (Å²) in [6, 6.07) is 6.82. The fourth-order valence-electron chi connectivity index (χ4n) is 0.892. The normalized spacial score (nSPS) is 9.21. The average molecular weight is 227 g/mol. The minimum Gasteiger partial charge on any atom is -0.323 e. The summed E-state index contributed by atoms with van der Waals surface area (Å²) in [7, 11) is 0. The van der Waals surface area contributed by atoms with Crippen LogP contribution in [0.3, 0.4) is 0 Å². The highest BCUT2D eigenvalue weighted by molar-refractivity contribution is 7.80. The van der Waals surface area contributed by atoms with Gasteiger partial charge in [0, 0.05) is 4.90 Å². The molecule has 1 rings (SSSR count). The Morgan fingerprint density at radius 1 is 1.64 bits per heavy atom. The summed E-state index contributed by atoms with van der Waals surface area (Å²) in [5, 5.41) is 11.2. The van der Waals surface area contributed by atoms with E-state index in [1.165, 1.54) is 0 Å². The monoisotopic (exact) mass is 226 g/mol. The molecule has 1 amide bonds. The molecule has 0 saturated carbocycles. The Morgan fingerprint density at radius 2 is 2.36 bits per heavy atom. The van der Waals surface area contributed by atoms with Gasteiger partial charge in [0.25, 0.3) is 0 Å². The number of carbonyl (C=O) groups excluding carboxylic acids is 1. The number of anilines is 1. The Balaban J connectivity index is 2.87. The molecular formula is C9H7ClN2OS. The molecule has 1 N–H and O–H groups in total. The molecule has 14 heavy (non-hydrogen) atoms. The third kappa shape index (κ3) is 2.66. The van der Waals surface area contributed by atoms with Crippen molar-refractivity contribution in [2.45, 2.75) is 11.3 Å². The minimum absolute atomic E-state index is 0.196. The zero-order chi connectivity index (χ0) is 10.6. The second-order valence-corrected chi connectivity index (χ2v) is 3.41. The molecule has 0 atom stereocenters. The summed E-state index contributed by atoms with van der Waals surface area (Å²) in [5.41, 5.74) is 0.442. The number of amides is 1. The maximum atomic E-state index is 11.1. The van der Waals surface area contributed by atoms with E-state index in [1.807, 2.05) is 0 Å². The molecule has 72 valence electrons. The van der Waals surface area contributed by atoms with Gasteiger partial charge in [-0.15, -0.1) is 12.6 Å². The largest absolute Gasteiger partial charge is 0.323 e. The third-order valence-electron chi connectivity index (χ3n) is 1.50. The smallest absolute Gasteiger partial charge is 0.238 e. The predicted molar refractivity (Wildman–Crippen MR) is 57.6 cm³/mol. The zero-order valence-corrected chi connectivity index (χ0v) is 8.77. The van der Waals surface area contributed by atoms with Gasteiger partial charge >= 0.3 is 0 Å². The van der Waals surface area contributed by atoms with Crippen molar-refractivity contribution in [3.8, 4) is 6.07 Å². The number of nitriles is 1. The molecule has 0 radical (unpaired) electrons. The molecule has 0 bridgehead atoms. The van der Waals surface area contributed by atoms with E-state index < -0.39 is 5.91 Å². The van der Waals surface area contributed by atoms with Crippen LogP contribution in [0.4, 0.5) is 5.69 Å². The van der Waals surface area contributed by atoms with E-state index >= 15 is 0 Å². The SMILES string of the molecule is N#CCC(=O)Nc1c(S)cccc1Cl. The van der Waals surface area contributed by atoms with Gasteiger partial charge < -0.3 is 5.32 Å². The average Bonchev–Trinajstić information content (AvgIpc) is 2.12. The van der Waals surface area contributed by atoms with E-state index in [-0.39, 0.29) is 6.42 Å². The van der Waals surface area contributed by atoms with Gasteiger partial charge in [-0.1, -0.05) is 17.7 Å². The van der Waals surface area contributed by atoms with Crippen molar-refractivity contribution in [2.75, 3.05) is 5.32 Å². The summed E-state index contributed by atoms with van der Waals surface area (Å²) in [5.74, 6) is -0.393. The molecule has 0 saturated heterocycles. The van der Waals surface area contributed by atoms with Gasteiger partial charge in [0.15, 0.2) is 0 Å². The van der Waals surface area contributed by atoms with Gasteiger partial charge in [0.1, 0.15) is 6.42 Å². The second kappa shape index (κ2) is 4.89. The van der Waals surface area contributed by atoms with E-state index in [0.717, 1.165) is 0 Å². The lowest BCUT2D eigenvalue weighted by atomic mass is 10.3. The fourth-order valence-corrected chi connectivity index (χ4v) is 1.44. The number of para-hydroxylation sites is 1. The number of carbonyl (C=O) groups is 1. The molecule has 0 aromatic heterocycles. The van der Waals surface area contributed by atoms with Crippen molar-refractivity contribution in [2.24, 2.45) is 0 Å². The van der Waals surface area contributed by atoms with Gasteiger partial charge in [0.2, 0.25) is 5.91 Å². The van der Waals surface area contributed by atoms with Gasteiger partial charge in [0.05, 0.1) is 16.8 Å². The first-order valence-corrected chi connectivity index (χ1v) is 4.62. The maximum absolute atomic E-state index is 11.1. The number of thiol groups is 1. The molecule has 0 aliphatic heterocycles. The van der Waals surface area contributed by atoms with Gasteiger partial charge in [-0.2, -0.15) is 5.26 Å². The summed E-state index contributed by atoms with van der Waals surface area (Å²) >= 11 is 9.96. The molecule has 0 heterocycles. The van der Waals surface area contributed by atoms with Crippen LogP contribution in [0.2, 0.25) is 5.02 Å². The first kappa shape index (κ1) is 10.9. The predicted octanol–water partition coefficient (Wildman–Crippen LogP) is 2.48. The molecule has 1 aromatic carbocycles. The summed E-state index contributed by atoms with van der Waals surface area (Å²) in [6.45, 7) is 0. The number of hydrogen-bond donors (Lipinski definition) is 2. The molecule has 0 fully saturated rings. The Hall–Kier alpha value is -1.18. The number of halogens is 1. The lowest BCUT2D eigenvalue weighted by molar-refractivity contribution is -0.115. The Bertz CT molecular complexity index is 380. The van der Waals surface area contributed by atoms with Crippen molar-refractivity contribution < 1.29 is 4.79 Å². The van der Waals surface area contributed by atoms with Crippen LogP contribution in [0, 0.1) is 11.3 Å². The van der Waals surface area contributed by atoms with Crippen LogP contribution < -0.4 is 5.32 Å². The van der Waals surface area contributed by atoms with E-state index in [1.54, 1.807) is 24.3 Å². The van der Waals surface area contributed by atoms with E-state index in [9.17, 15) is 4.79 Å². The maximum Gasteiger partial charge on any atom is 0.238 e. The van der Waals surface area contributed by atoms with E-state index in [4.69, 9.17) is 16.9 Å². The zero-order valence-electron chi connectivity index (χ0n) is 7.12. The molecule has 0 aliphatic rings. The van der Waals surface area contributed by atoms with Crippen molar-refractivity contribution in [3.05, 3.63) is 23.2 Å². The van der Waals surface area contributed by atoms with Crippen LogP contribution in [0.1, 0.15) is 6.42 Å². The number of hydrogen-bond acceptors (Lipinski definition) is 3. The topological polar surface area (TPSA) is 52.9 Å². The van der Waals surface area contributed by atoms with Crippen molar-refractivity contribution in [3.63, 3.8) is 0 Å². The van der Waals surface area contributed by atoms with Crippen LogP contribution >= 0.6 is 24.2 Å². The Labute approximate surface area is 92.1 Å². The Kier molecular flexibility index (Phi) is 3.81. The summed E-state index contributed by atoms with van der Waals surface area (Å²) in [4.78, 5) is 11.7. The van der Waals surface area contributed by atoms with Crippen LogP contribution in [0.25, 0.3) is 0 Å². The quantitative estimate of drug-likeness (QED) is 0.762. The minimum atomic E-state index is -0.393. The molecular weight excluding hydrogens is 220 g/mol. The van der Waals surface area contributed by atoms with Crippen molar-refractivity contribution in [1.29, 1.82) is 5.26 Å². The number of nitrogens with zero attached hydrogens (tertiary/aromatic N) is 1. The molecule has 0 unspecified atom stereocenters. The third-order valence-corrected chi connectivity index (χ3v) is 2.18. The van der Waals surface area contributed by atoms with Gasteiger partial charge in [-0.05, 0) is 12.1 Å². The molecule has 5 heteroatoms. The highest BCUT2D eigenvalue weighted by Crippen LogP contribution is 2.28. The lowest BCUT2D eigenvalue weighted by Gasteiger charge is -2.07. The van der Waals surface area contributed by atoms with Gasteiger partial charge in [-0.25, -0.2) is 0 Å². The molecule has 0 aliphatic carbocycles. The van der Waals surface area contributed by atoms with Crippen molar-refractivity contribution in [1.82, 2.24) is 0 Å². The molecule has 0 spiro atoms. The standard InChI is InChI=1S/C9H7ClN2OS/c10-6-2-1-3-7(14)9(6)12-8(13)4-5-11/h1-3,14H,4H2,(H,12,13). The van der Waals surface area contributed by atoms with Crippen LogP contribution in [0.15, 0.2) is 23.1 Å². The summed E-state index contributed by atoms with van der Waals surface area (Å²) in [6.07, 6.45) is -0.196. The fraction of sp³-hybridized carbons (Fsp3) is 0.111. The highest BCUT2D eigenvalue weighted by Gasteiger charge is 2.07. The van der Waals surface area contributed by atoms with Crippen molar-refractivity contribution >= 4 is 35.8 Å². The van der Waals surface area contributed by atoms with Crippen LogP contribution in [-0.2, 0) is 4.79 Å².